The molecule has 1 nitrogen and oxygen atoms in total. The first-order valence-corrected chi connectivity index (χ1v) is 5.16. The lowest BCUT2D eigenvalue weighted by Gasteiger charge is -1.99. The highest BCUT2D eigenvalue weighted by molar-refractivity contribution is 5.75. The number of hydrogen-bond acceptors (Lipinski definition) is 1. The normalized spacial score (nSPS) is 12.5. The van der Waals surface area contributed by atoms with Crippen LogP contribution in [-0.2, 0) is 0 Å². The van der Waals surface area contributed by atoms with E-state index in [1.807, 2.05) is 20.1 Å². The molecule has 0 amide bonds. The summed E-state index contributed by atoms with van der Waals surface area (Å²) in [6.07, 6.45) is 7.14. The molecular formula is C13H17N. The van der Waals surface area contributed by atoms with Gasteiger partial charge in [-0.1, -0.05) is 38.1 Å². The minimum Gasteiger partial charge on any atom is -0.260 e. The van der Waals surface area contributed by atoms with Gasteiger partial charge in [-0.15, -0.1) is 0 Å². The van der Waals surface area contributed by atoms with Crippen LogP contribution in [0.4, 0.5) is 5.69 Å². The third-order valence-electron chi connectivity index (χ3n) is 1.96. The van der Waals surface area contributed by atoms with E-state index >= 15 is 0 Å². The van der Waals surface area contributed by atoms with Crippen molar-refractivity contribution in [1.82, 2.24) is 0 Å². The summed E-state index contributed by atoms with van der Waals surface area (Å²) >= 11 is 0. The van der Waals surface area contributed by atoms with Crippen LogP contribution in [0.5, 0.6) is 0 Å². The lowest BCUT2D eigenvalue weighted by molar-refractivity contribution is 1.42. The molecule has 14 heavy (non-hydrogen) atoms. The van der Waals surface area contributed by atoms with Crippen LogP contribution in [-0.4, -0.2) is 6.21 Å². The minimum absolute atomic E-state index is 0.938. The van der Waals surface area contributed by atoms with Crippen LogP contribution >= 0.6 is 0 Å². The van der Waals surface area contributed by atoms with Gasteiger partial charge in [-0.25, -0.2) is 0 Å². The van der Waals surface area contributed by atoms with E-state index in [0.29, 0.717) is 0 Å². The highest BCUT2D eigenvalue weighted by atomic mass is 14.7. The molecule has 0 bridgehead atoms. The molecule has 0 spiro atoms. The minimum atomic E-state index is 0.938. The number of aryl methyl sites for hydroxylation is 1. The number of fused-ring (bicyclic) bond motifs is 1. The standard InChI is InChI=1S/C11H11N.C2H6/c1-9-5-6-10-4-2-3-7-12-11(10)8-9;1-2/h2,4-8H,3H2,1H3;1-2H3. The summed E-state index contributed by atoms with van der Waals surface area (Å²) in [5, 5.41) is 0. The van der Waals surface area contributed by atoms with Gasteiger partial charge in [-0.3, -0.25) is 4.99 Å². The van der Waals surface area contributed by atoms with Gasteiger partial charge < -0.3 is 0 Å². The van der Waals surface area contributed by atoms with Gasteiger partial charge in [0.05, 0.1) is 5.69 Å². The Labute approximate surface area is 86.2 Å². The summed E-state index contributed by atoms with van der Waals surface area (Å²) in [5.74, 6) is 0. The Hall–Kier alpha value is -1.37. The van der Waals surface area contributed by atoms with Crippen LogP contribution in [0.2, 0.25) is 0 Å². The molecule has 1 aromatic carbocycles. The van der Waals surface area contributed by atoms with Gasteiger partial charge >= 0.3 is 0 Å². The summed E-state index contributed by atoms with van der Waals surface area (Å²) in [5.41, 5.74) is 3.57. The van der Waals surface area contributed by atoms with E-state index in [9.17, 15) is 0 Å². The molecule has 1 aromatic rings. The molecule has 0 fully saturated rings. The number of aliphatic imine (C=N–C) groups is 1. The fourth-order valence-corrected chi connectivity index (χ4v) is 1.31. The highest BCUT2D eigenvalue weighted by Crippen LogP contribution is 2.23. The van der Waals surface area contributed by atoms with E-state index in [0.717, 1.165) is 12.1 Å². The fraction of sp³-hybridized carbons (Fsp3) is 0.308. The molecule has 0 radical (unpaired) electrons. The molecule has 0 aliphatic carbocycles. The van der Waals surface area contributed by atoms with Gasteiger partial charge in [-0.2, -0.15) is 0 Å². The van der Waals surface area contributed by atoms with Crippen molar-refractivity contribution in [3.63, 3.8) is 0 Å². The van der Waals surface area contributed by atoms with Gasteiger partial charge in [0, 0.05) is 12.6 Å². The molecule has 1 aliphatic rings. The summed E-state index contributed by atoms with van der Waals surface area (Å²) < 4.78 is 0. The van der Waals surface area contributed by atoms with Crippen molar-refractivity contribution in [2.24, 2.45) is 4.99 Å². The average Bonchev–Trinajstić information content (AvgIpc) is 2.45. The highest BCUT2D eigenvalue weighted by Gasteiger charge is 1.98. The Morgan fingerprint density at radius 3 is 2.79 bits per heavy atom. The van der Waals surface area contributed by atoms with Crippen LogP contribution in [0.15, 0.2) is 29.3 Å². The van der Waals surface area contributed by atoms with E-state index in [1.165, 1.54) is 11.1 Å². The van der Waals surface area contributed by atoms with Gasteiger partial charge in [0.25, 0.3) is 0 Å². The third kappa shape index (κ3) is 2.56. The van der Waals surface area contributed by atoms with Crippen LogP contribution in [0.3, 0.4) is 0 Å². The SMILES string of the molecule is CC.Cc1ccc2c(c1)N=CCC=C2. The van der Waals surface area contributed by atoms with Crippen molar-refractivity contribution in [3.05, 3.63) is 35.4 Å². The van der Waals surface area contributed by atoms with E-state index in [1.54, 1.807) is 0 Å². The van der Waals surface area contributed by atoms with Crippen molar-refractivity contribution in [2.45, 2.75) is 27.2 Å². The molecule has 74 valence electrons. The maximum absolute atomic E-state index is 4.36. The predicted octanol–water partition coefficient (Wildman–Crippen LogP) is 4.14. The van der Waals surface area contributed by atoms with Gasteiger partial charge in [-0.05, 0) is 24.1 Å². The Kier molecular flexibility index (Phi) is 4.11. The Morgan fingerprint density at radius 1 is 1.21 bits per heavy atom. The van der Waals surface area contributed by atoms with Crippen molar-refractivity contribution < 1.29 is 0 Å². The molecular weight excluding hydrogens is 170 g/mol. The zero-order chi connectivity index (χ0) is 10.4. The molecule has 0 saturated carbocycles. The van der Waals surface area contributed by atoms with Crippen molar-refractivity contribution >= 4 is 18.0 Å². The molecule has 0 saturated heterocycles. The number of nitrogens with zero attached hydrogens (tertiary/aromatic N) is 1. The van der Waals surface area contributed by atoms with Crippen LogP contribution in [0.1, 0.15) is 31.4 Å². The molecule has 0 N–H and O–H groups in total. The van der Waals surface area contributed by atoms with Crippen molar-refractivity contribution in [3.8, 4) is 0 Å². The topological polar surface area (TPSA) is 12.4 Å². The quantitative estimate of drug-likeness (QED) is 0.578. The second-order valence-electron chi connectivity index (χ2n) is 3.01. The van der Waals surface area contributed by atoms with Crippen LogP contribution in [0, 0.1) is 6.92 Å². The Balaban J connectivity index is 0.000000461. The summed E-state index contributed by atoms with van der Waals surface area (Å²) in [7, 11) is 0. The molecule has 0 unspecified atom stereocenters. The molecule has 1 heteroatoms. The van der Waals surface area contributed by atoms with Gasteiger partial charge in [0.1, 0.15) is 0 Å². The first-order valence-electron chi connectivity index (χ1n) is 5.16. The summed E-state index contributed by atoms with van der Waals surface area (Å²) in [4.78, 5) is 4.36. The lowest BCUT2D eigenvalue weighted by Crippen LogP contribution is -1.75. The van der Waals surface area contributed by atoms with E-state index in [-0.39, 0.29) is 0 Å². The summed E-state index contributed by atoms with van der Waals surface area (Å²) in [6.45, 7) is 6.09. The second kappa shape index (κ2) is 5.38. The number of rotatable bonds is 0. The smallest absolute Gasteiger partial charge is 0.0700 e. The van der Waals surface area contributed by atoms with E-state index < -0.39 is 0 Å². The van der Waals surface area contributed by atoms with Gasteiger partial charge in [0.15, 0.2) is 0 Å². The fourth-order valence-electron chi connectivity index (χ4n) is 1.31. The van der Waals surface area contributed by atoms with Crippen LogP contribution in [0.25, 0.3) is 6.08 Å². The first kappa shape index (κ1) is 10.7. The van der Waals surface area contributed by atoms with Crippen LogP contribution < -0.4 is 0 Å². The molecule has 2 rings (SSSR count). The van der Waals surface area contributed by atoms with Crippen molar-refractivity contribution in [2.75, 3.05) is 0 Å². The number of allylic oxidation sites excluding steroid dienone is 1. The maximum atomic E-state index is 4.36. The third-order valence-corrected chi connectivity index (χ3v) is 1.96. The number of hydrogen-bond donors (Lipinski definition) is 0. The second-order valence-corrected chi connectivity index (χ2v) is 3.01. The average molecular weight is 187 g/mol. The largest absolute Gasteiger partial charge is 0.260 e. The Bertz CT molecular complexity index is 348. The summed E-state index contributed by atoms with van der Waals surface area (Å²) in [6, 6.07) is 6.34. The zero-order valence-corrected chi connectivity index (χ0v) is 9.12. The molecule has 1 heterocycles. The lowest BCUT2D eigenvalue weighted by atomic mass is 10.1. The van der Waals surface area contributed by atoms with E-state index in [2.05, 4.69) is 42.3 Å². The monoisotopic (exact) mass is 187 g/mol. The molecule has 1 aliphatic heterocycles. The first-order chi connectivity index (χ1) is 6.86. The van der Waals surface area contributed by atoms with E-state index in [4.69, 9.17) is 0 Å². The molecule has 0 atom stereocenters. The number of benzene rings is 1. The predicted molar refractivity (Wildman–Crippen MR) is 64.3 cm³/mol. The zero-order valence-electron chi connectivity index (χ0n) is 9.12. The maximum Gasteiger partial charge on any atom is 0.0700 e. The van der Waals surface area contributed by atoms with Gasteiger partial charge in [0.2, 0.25) is 0 Å². The molecule has 0 aromatic heterocycles. The Morgan fingerprint density at radius 2 is 2.00 bits per heavy atom. The van der Waals surface area contributed by atoms with Crippen molar-refractivity contribution in [1.29, 1.82) is 0 Å².